The van der Waals surface area contributed by atoms with Crippen LogP contribution in [0.1, 0.15) is 11.1 Å². The van der Waals surface area contributed by atoms with E-state index in [1.807, 2.05) is 18.3 Å². The SMILES string of the molecule is N#Cc1ccc2[nH]cc(CSCC(=O)O)c2c1. The van der Waals surface area contributed by atoms with Gasteiger partial charge >= 0.3 is 5.97 Å². The Morgan fingerprint density at radius 1 is 1.53 bits per heavy atom. The summed E-state index contributed by atoms with van der Waals surface area (Å²) < 4.78 is 0. The number of nitrogens with one attached hydrogen (secondary N) is 1. The predicted molar refractivity (Wildman–Crippen MR) is 66.8 cm³/mol. The molecule has 5 heteroatoms. The number of hydrogen-bond donors (Lipinski definition) is 2. The van der Waals surface area contributed by atoms with Crippen molar-refractivity contribution < 1.29 is 9.90 Å². The van der Waals surface area contributed by atoms with Gasteiger partial charge in [0.25, 0.3) is 0 Å². The van der Waals surface area contributed by atoms with Crippen molar-refractivity contribution >= 4 is 28.6 Å². The van der Waals surface area contributed by atoms with Gasteiger partial charge in [-0.2, -0.15) is 5.26 Å². The summed E-state index contributed by atoms with van der Waals surface area (Å²) in [5, 5.41) is 18.4. The minimum Gasteiger partial charge on any atom is -0.481 e. The first-order chi connectivity index (χ1) is 8.20. The van der Waals surface area contributed by atoms with Gasteiger partial charge in [-0.05, 0) is 23.8 Å². The molecule has 0 atom stereocenters. The summed E-state index contributed by atoms with van der Waals surface area (Å²) in [4.78, 5) is 13.5. The van der Waals surface area contributed by atoms with E-state index in [0.29, 0.717) is 11.3 Å². The number of carbonyl (C=O) groups is 1. The van der Waals surface area contributed by atoms with Crippen LogP contribution < -0.4 is 0 Å². The molecule has 86 valence electrons. The molecule has 0 unspecified atom stereocenters. The van der Waals surface area contributed by atoms with Crippen molar-refractivity contribution in [2.45, 2.75) is 5.75 Å². The normalized spacial score (nSPS) is 10.3. The number of nitrogens with zero attached hydrogens (tertiary/aromatic N) is 1. The first-order valence-corrected chi connectivity index (χ1v) is 6.16. The number of nitriles is 1. The van der Waals surface area contributed by atoms with Crippen LogP contribution in [-0.2, 0) is 10.5 Å². The molecule has 2 aromatic rings. The van der Waals surface area contributed by atoms with Gasteiger partial charge in [0.15, 0.2) is 0 Å². The average Bonchev–Trinajstić information content (AvgIpc) is 2.71. The van der Waals surface area contributed by atoms with Crippen molar-refractivity contribution in [2.75, 3.05) is 5.75 Å². The number of rotatable bonds is 4. The average molecular weight is 246 g/mol. The van der Waals surface area contributed by atoms with E-state index < -0.39 is 5.97 Å². The quantitative estimate of drug-likeness (QED) is 0.868. The number of fused-ring (bicyclic) bond motifs is 1. The topological polar surface area (TPSA) is 76.9 Å². The maximum Gasteiger partial charge on any atom is 0.313 e. The molecule has 4 nitrogen and oxygen atoms in total. The molecule has 0 saturated heterocycles. The van der Waals surface area contributed by atoms with Gasteiger partial charge in [-0.25, -0.2) is 0 Å². The maximum absolute atomic E-state index is 10.4. The molecule has 0 aliphatic heterocycles. The van der Waals surface area contributed by atoms with E-state index in [0.717, 1.165) is 16.5 Å². The molecule has 0 aliphatic carbocycles. The lowest BCUT2D eigenvalue weighted by molar-refractivity contribution is -0.133. The fourth-order valence-corrected chi connectivity index (χ4v) is 2.35. The van der Waals surface area contributed by atoms with Gasteiger partial charge in [0.05, 0.1) is 17.4 Å². The molecule has 1 aromatic heterocycles. The van der Waals surface area contributed by atoms with E-state index in [9.17, 15) is 4.79 Å². The molecule has 0 saturated carbocycles. The molecule has 2 rings (SSSR count). The first kappa shape index (κ1) is 11.6. The van der Waals surface area contributed by atoms with Gasteiger partial charge in [0.2, 0.25) is 0 Å². The lowest BCUT2D eigenvalue weighted by atomic mass is 10.1. The Morgan fingerprint density at radius 2 is 2.35 bits per heavy atom. The lowest BCUT2D eigenvalue weighted by Crippen LogP contribution is -1.97. The minimum absolute atomic E-state index is 0.0879. The van der Waals surface area contributed by atoms with Crippen LogP contribution in [0.5, 0.6) is 0 Å². The smallest absolute Gasteiger partial charge is 0.313 e. The summed E-state index contributed by atoms with van der Waals surface area (Å²) in [6.45, 7) is 0. The van der Waals surface area contributed by atoms with Crippen molar-refractivity contribution in [3.05, 3.63) is 35.5 Å². The molecule has 0 fully saturated rings. The van der Waals surface area contributed by atoms with E-state index >= 15 is 0 Å². The van der Waals surface area contributed by atoms with E-state index in [-0.39, 0.29) is 5.75 Å². The van der Waals surface area contributed by atoms with Crippen LogP contribution in [0.4, 0.5) is 0 Å². The molecular formula is C12H10N2O2S. The summed E-state index contributed by atoms with van der Waals surface area (Å²) in [6.07, 6.45) is 1.86. The fourth-order valence-electron chi connectivity index (χ4n) is 1.62. The molecule has 1 aromatic carbocycles. The van der Waals surface area contributed by atoms with Crippen molar-refractivity contribution in [3.8, 4) is 6.07 Å². The summed E-state index contributed by atoms with van der Waals surface area (Å²) in [7, 11) is 0. The van der Waals surface area contributed by atoms with E-state index in [4.69, 9.17) is 10.4 Å². The van der Waals surface area contributed by atoms with Crippen LogP contribution in [0.3, 0.4) is 0 Å². The van der Waals surface area contributed by atoms with Gasteiger partial charge in [-0.1, -0.05) is 0 Å². The van der Waals surface area contributed by atoms with Crippen LogP contribution in [-0.4, -0.2) is 21.8 Å². The number of hydrogen-bond acceptors (Lipinski definition) is 3. The minimum atomic E-state index is -0.812. The molecule has 0 aliphatic rings. The molecular weight excluding hydrogens is 236 g/mol. The summed E-state index contributed by atoms with van der Waals surface area (Å²) in [6, 6.07) is 7.53. The second-order valence-corrected chi connectivity index (χ2v) is 4.56. The van der Waals surface area contributed by atoms with Crippen molar-refractivity contribution in [2.24, 2.45) is 0 Å². The largest absolute Gasteiger partial charge is 0.481 e. The third-order valence-electron chi connectivity index (χ3n) is 2.38. The second-order valence-electron chi connectivity index (χ2n) is 3.57. The highest BCUT2D eigenvalue weighted by Crippen LogP contribution is 2.23. The van der Waals surface area contributed by atoms with Gasteiger partial charge in [-0.3, -0.25) is 4.79 Å². The first-order valence-electron chi connectivity index (χ1n) is 5.00. The van der Waals surface area contributed by atoms with Crippen LogP contribution in [0.25, 0.3) is 10.9 Å². The molecule has 0 bridgehead atoms. The Kier molecular flexibility index (Phi) is 3.35. The molecule has 0 spiro atoms. The summed E-state index contributed by atoms with van der Waals surface area (Å²) in [5.74, 6) is -0.0984. The number of H-pyrrole nitrogens is 1. The number of thioether (sulfide) groups is 1. The highest BCUT2D eigenvalue weighted by Gasteiger charge is 2.06. The van der Waals surface area contributed by atoms with Gasteiger partial charge in [0, 0.05) is 22.9 Å². The Hall–Kier alpha value is -1.93. The van der Waals surface area contributed by atoms with Crippen LogP contribution in [0.15, 0.2) is 24.4 Å². The molecule has 17 heavy (non-hydrogen) atoms. The fraction of sp³-hybridized carbons (Fsp3) is 0.167. The zero-order chi connectivity index (χ0) is 12.3. The lowest BCUT2D eigenvalue weighted by Gasteiger charge is -1.98. The summed E-state index contributed by atoms with van der Waals surface area (Å²) >= 11 is 1.34. The van der Waals surface area contributed by atoms with Crippen LogP contribution in [0, 0.1) is 11.3 Å². The number of carboxylic acid groups (broad SMARTS) is 1. The Bertz CT molecular complexity index is 598. The van der Waals surface area contributed by atoms with Crippen molar-refractivity contribution in [3.63, 3.8) is 0 Å². The van der Waals surface area contributed by atoms with Crippen molar-refractivity contribution in [1.82, 2.24) is 4.98 Å². The highest BCUT2D eigenvalue weighted by molar-refractivity contribution is 7.99. The third kappa shape index (κ3) is 2.60. The number of aliphatic carboxylic acids is 1. The van der Waals surface area contributed by atoms with Crippen molar-refractivity contribution in [1.29, 1.82) is 5.26 Å². The Morgan fingerprint density at radius 3 is 3.06 bits per heavy atom. The number of benzene rings is 1. The second kappa shape index (κ2) is 4.93. The number of aromatic nitrogens is 1. The Balaban J connectivity index is 2.22. The van der Waals surface area contributed by atoms with E-state index in [1.165, 1.54) is 11.8 Å². The standard InChI is InChI=1S/C12H10N2O2S/c13-4-8-1-2-11-10(3-8)9(5-14-11)6-17-7-12(15)16/h1-3,5,14H,6-7H2,(H,15,16). The molecule has 2 N–H and O–H groups in total. The zero-order valence-electron chi connectivity index (χ0n) is 8.93. The Labute approximate surface area is 102 Å². The van der Waals surface area contributed by atoms with Gasteiger partial charge in [0.1, 0.15) is 0 Å². The molecule has 1 heterocycles. The maximum atomic E-state index is 10.4. The van der Waals surface area contributed by atoms with Gasteiger partial charge in [-0.15, -0.1) is 11.8 Å². The van der Waals surface area contributed by atoms with Crippen LogP contribution in [0.2, 0.25) is 0 Å². The van der Waals surface area contributed by atoms with E-state index in [1.54, 1.807) is 6.07 Å². The summed E-state index contributed by atoms with van der Waals surface area (Å²) in [5.41, 5.74) is 2.61. The molecule has 0 radical (unpaired) electrons. The molecule has 0 amide bonds. The van der Waals surface area contributed by atoms with Gasteiger partial charge < -0.3 is 10.1 Å². The van der Waals surface area contributed by atoms with E-state index in [2.05, 4.69) is 11.1 Å². The monoisotopic (exact) mass is 246 g/mol. The highest BCUT2D eigenvalue weighted by atomic mass is 32.2. The number of aromatic amines is 1. The third-order valence-corrected chi connectivity index (χ3v) is 3.35. The number of carboxylic acids is 1. The zero-order valence-corrected chi connectivity index (χ0v) is 9.75. The van der Waals surface area contributed by atoms with Crippen LogP contribution >= 0.6 is 11.8 Å². The predicted octanol–water partition coefficient (Wildman–Crippen LogP) is 2.36.